The fourth-order valence-electron chi connectivity index (χ4n) is 2.84. The molecule has 0 bridgehead atoms. The molecule has 4 aromatic rings. The van der Waals surface area contributed by atoms with Crippen molar-refractivity contribution >= 4 is 28.5 Å². The summed E-state index contributed by atoms with van der Waals surface area (Å²) in [5.41, 5.74) is 1.42. The second-order valence-corrected chi connectivity index (χ2v) is 5.97. The van der Waals surface area contributed by atoms with Gasteiger partial charge in [-0.3, -0.25) is 9.55 Å². The number of halogens is 3. The smallest absolute Gasteiger partial charge is 0.358 e. The van der Waals surface area contributed by atoms with Gasteiger partial charge in [-0.2, -0.15) is 13.2 Å². The number of anilines is 3. The predicted molar refractivity (Wildman–Crippen MR) is 101 cm³/mol. The number of benzene rings is 2. The molecule has 0 saturated heterocycles. The summed E-state index contributed by atoms with van der Waals surface area (Å²) >= 11 is 0. The second-order valence-electron chi connectivity index (χ2n) is 5.97. The third kappa shape index (κ3) is 3.34. The largest absolute Gasteiger partial charge is 0.416 e. The molecule has 4 rings (SSSR count). The second kappa shape index (κ2) is 6.84. The van der Waals surface area contributed by atoms with Crippen LogP contribution in [-0.2, 0) is 6.18 Å². The van der Waals surface area contributed by atoms with E-state index in [1.54, 1.807) is 13.2 Å². The third-order valence-corrected chi connectivity index (χ3v) is 4.12. The molecule has 0 spiro atoms. The Hall–Kier alpha value is -3.62. The number of para-hydroxylation sites is 2. The Bertz CT molecular complexity index is 1120. The lowest BCUT2D eigenvalue weighted by Gasteiger charge is -2.11. The van der Waals surface area contributed by atoms with Crippen LogP contribution in [-0.4, -0.2) is 26.6 Å². The summed E-state index contributed by atoms with van der Waals surface area (Å²) in [7, 11) is 1.76. The first-order valence-electron chi connectivity index (χ1n) is 8.37. The fourth-order valence-corrected chi connectivity index (χ4v) is 2.84. The molecular formula is C19H15F3N6. The molecule has 0 aliphatic carbocycles. The van der Waals surface area contributed by atoms with Crippen molar-refractivity contribution < 1.29 is 13.2 Å². The van der Waals surface area contributed by atoms with E-state index in [0.717, 1.165) is 23.2 Å². The van der Waals surface area contributed by atoms with Crippen molar-refractivity contribution in [2.24, 2.45) is 0 Å². The van der Waals surface area contributed by atoms with Crippen molar-refractivity contribution in [1.29, 1.82) is 0 Å². The minimum Gasteiger partial charge on any atom is -0.358 e. The van der Waals surface area contributed by atoms with Crippen LogP contribution < -0.4 is 10.6 Å². The molecule has 2 heterocycles. The van der Waals surface area contributed by atoms with Gasteiger partial charge in [0, 0.05) is 12.7 Å². The number of nitrogens with zero attached hydrogens (tertiary/aromatic N) is 4. The Morgan fingerprint density at radius 1 is 0.929 bits per heavy atom. The fraction of sp³-hybridized carbons (Fsp3) is 0.105. The zero-order valence-electron chi connectivity index (χ0n) is 14.7. The number of hydrogen-bond acceptors (Lipinski definition) is 5. The standard InChI is InChI=1S/C19H15F3N6/c1-23-18-26-14-4-2-3-5-15(14)28(18)17-11-24-10-16(27-17)25-13-8-6-12(7-9-13)19(20,21)22/h2-11H,1H3,(H,23,26)(H,25,27). The van der Waals surface area contributed by atoms with Gasteiger partial charge in [-0.25, -0.2) is 9.97 Å². The Morgan fingerprint density at radius 2 is 1.68 bits per heavy atom. The molecule has 2 N–H and O–H groups in total. The molecule has 6 nitrogen and oxygen atoms in total. The minimum atomic E-state index is -4.37. The molecule has 0 amide bonds. The van der Waals surface area contributed by atoms with Crippen molar-refractivity contribution in [2.75, 3.05) is 17.7 Å². The van der Waals surface area contributed by atoms with Crippen molar-refractivity contribution in [3.8, 4) is 5.82 Å². The first kappa shape index (κ1) is 17.8. The maximum absolute atomic E-state index is 12.7. The molecule has 0 atom stereocenters. The summed E-state index contributed by atoms with van der Waals surface area (Å²) in [5, 5.41) is 6.01. The van der Waals surface area contributed by atoms with Gasteiger partial charge in [0.2, 0.25) is 5.95 Å². The number of nitrogens with one attached hydrogen (secondary N) is 2. The molecule has 2 aromatic heterocycles. The van der Waals surface area contributed by atoms with Gasteiger partial charge in [-0.15, -0.1) is 0 Å². The SMILES string of the molecule is CNc1nc2ccccc2n1-c1cncc(Nc2ccc(C(F)(F)F)cc2)n1. The van der Waals surface area contributed by atoms with E-state index in [-0.39, 0.29) is 0 Å². The molecule has 9 heteroatoms. The van der Waals surface area contributed by atoms with Gasteiger partial charge in [-0.1, -0.05) is 12.1 Å². The van der Waals surface area contributed by atoms with E-state index in [4.69, 9.17) is 0 Å². The highest BCUT2D eigenvalue weighted by atomic mass is 19.4. The third-order valence-electron chi connectivity index (χ3n) is 4.12. The van der Waals surface area contributed by atoms with Crippen LogP contribution in [0.1, 0.15) is 5.56 Å². The predicted octanol–water partition coefficient (Wildman–Crippen LogP) is 4.62. The van der Waals surface area contributed by atoms with E-state index in [1.165, 1.54) is 18.3 Å². The Morgan fingerprint density at radius 3 is 2.39 bits per heavy atom. The molecule has 0 aliphatic heterocycles. The molecule has 2 aromatic carbocycles. The maximum atomic E-state index is 12.7. The molecule has 142 valence electrons. The van der Waals surface area contributed by atoms with Crippen LogP contribution in [0.4, 0.5) is 30.6 Å². The molecule has 0 aliphatic rings. The monoisotopic (exact) mass is 384 g/mol. The van der Waals surface area contributed by atoms with Crippen LogP contribution >= 0.6 is 0 Å². The Labute approximate surface area is 158 Å². The van der Waals surface area contributed by atoms with Crippen molar-refractivity contribution in [2.45, 2.75) is 6.18 Å². The summed E-state index contributed by atoms with van der Waals surface area (Å²) in [6, 6.07) is 12.3. The highest BCUT2D eigenvalue weighted by Gasteiger charge is 2.29. The van der Waals surface area contributed by atoms with Crippen molar-refractivity contribution in [3.63, 3.8) is 0 Å². The molecule has 0 radical (unpaired) electrons. The Balaban J connectivity index is 1.68. The van der Waals surface area contributed by atoms with E-state index in [0.29, 0.717) is 23.3 Å². The van der Waals surface area contributed by atoms with Gasteiger partial charge >= 0.3 is 6.18 Å². The number of fused-ring (bicyclic) bond motifs is 1. The first-order valence-corrected chi connectivity index (χ1v) is 8.37. The van der Waals surface area contributed by atoms with Crippen LogP contribution in [0.3, 0.4) is 0 Å². The van der Waals surface area contributed by atoms with E-state index in [2.05, 4.69) is 25.6 Å². The van der Waals surface area contributed by atoms with E-state index < -0.39 is 11.7 Å². The molecular weight excluding hydrogens is 369 g/mol. The number of hydrogen-bond donors (Lipinski definition) is 2. The summed E-state index contributed by atoms with van der Waals surface area (Å²) < 4.78 is 39.9. The zero-order valence-corrected chi connectivity index (χ0v) is 14.7. The summed E-state index contributed by atoms with van der Waals surface area (Å²) in [4.78, 5) is 13.2. The molecule has 28 heavy (non-hydrogen) atoms. The van der Waals surface area contributed by atoms with Crippen LogP contribution in [0.2, 0.25) is 0 Å². The van der Waals surface area contributed by atoms with E-state index in [9.17, 15) is 13.2 Å². The lowest BCUT2D eigenvalue weighted by Crippen LogP contribution is -2.06. The minimum absolute atomic E-state index is 0.400. The number of alkyl halides is 3. The highest BCUT2D eigenvalue weighted by Crippen LogP contribution is 2.30. The number of rotatable bonds is 4. The van der Waals surface area contributed by atoms with E-state index >= 15 is 0 Å². The lowest BCUT2D eigenvalue weighted by molar-refractivity contribution is -0.137. The van der Waals surface area contributed by atoms with Crippen molar-refractivity contribution in [1.82, 2.24) is 19.5 Å². The summed E-state index contributed by atoms with van der Waals surface area (Å²) in [6.45, 7) is 0. The van der Waals surface area contributed by atoms with Gasteiger partial charge in [0.25, 0.3) is 0 Å². The number of imidazole rings is 1. The normalized spacial score (nSPS) is 11.6. The summed E-state index contributed by atoms with van der Waals surface area (Å²) in [5.74, 6) is 1.52. The maximum Gasteiger partial charge on any atom is 0.416 e. The highest BCUT2D eigenvalue weighted by molar-refractivity contribution is 5.80. The van der Waals surface area contributed by atoms with Gasteiger partial charge in [0.15, 0.2) is 11.6 Å². The topological polar surface area (TPSA) is 67.7 Å². The summed E-state index contributed by atoms with van der Waals surface area (Å²) in [6.07, 6.45) is -1.28. The van der Waals surface area contributed by atoms with Gasteiger partial charge in [-0.05, 0) is 36.4 Å². The zero-order chi connectivity index (χ0) is 19.7. The van der Waals surface area contributed by atoms with Crippen LogP contribution in [0.15, 0.2) is 60.9 Å². The van der Waals surface area contributed by atoms with Crippen molar-refractivity contribution in [3.05, 3.63) is 66.5 Å². The average molecular weight is 384 g/mol. The average Bonchev–Trinajstić information content (AvgIpc) is 3.06. The van der Waals surface area contributed by atoms with Crippen LogP contribution in [0, 0.1) is 0 Å². The first-order chi connectivity index (χ1) is 13.5. The van der Waals surface area contributed by atoms with Crippen LogP contribution in [0.25, 0.3) is 16.9 Å². The van der Waals surface area contributed by atoms with Crippen LogP contribution in [0.5, 0.6) is 0 Å². The van der Waals surface area contributed by atoms with Gasteiger partial charge in [0.05, 0.1) is 29.0 Å². The quantitative estimate of drug-likeness (QED) is 0.537. The van der Waals surface area contributed by atoms with Gasteiger partial charge < -0.3 is 10.6 Å². The lowest BCUT2D eigenvalue weighted by atomic mass is 10.2. The number of aromatic nitrogens is 4. The molecule has 0 fully saturated rings. The molecule has 0 unspecified atom stereocenters. The Kier molecular flexibility index (Phi) is 4.34. The van der Waals surface area contributed by atoms with E-state index in [1.807, 2.05) is 28.8 Å². The van der Waals surface area contributed by atoms with Gasteiger partial charge in [0.1, 0.15) is 0 Å². The molecule has 0 saturated carbocycles.